The van der Waals surface area contributed by atoms with Crippen LogP contribution in [0, 0.1) is 5.82 Å². The molecule has 4 rings (SSSR count). The zero-order valence-electron chi connectivity index (χ0n) is 13.9. The van der Waals surface area contributed by atoms with Gasteiger partial charge in [-0.3, -0.25) is 0 Å². The zero-order chi connectivity index (χ0) is 17.9. The summed E-state index contributed by atoms with van der Waals surface area (Å²) in [6.45, 7) is 2.34. The van der Waals surface area contributed by atoms with Crippen LogP contribution in [0.2, 0.25) is 0 Å². The summed E-state index contributed by atoms with van der Waals surface area (Å²) >= 11 is 0. The van der Waals surface area contributed by atoms with Gasteiger partial charge in [-0.05, 0) is 18.6 Å². The number of benzene rings is 1. The molecule has 0 spiro atoms. The number of halogens is 1. The maximum absolute atomic E-state index is 14.2. The van der Waals surface area contributed by atoms with Gasteiger partial charge in [0.25, 0.3) is 5.89 Å². The molecule has 132 valence electrons. The van der Waals surface area contributed by atoms with Crippen molar-refractivity contribution in [2.24, 2.45) is 0 Å². The fraction of sp³-hybridized carbons (Fsp3) is 0.250. The fourth-order valence-electron chi connectivity index (χ4n) is 2.51. The normalized spacial score (nSPS) is 11.2. The van der Waals surface area contributed by atoms with Crippen molar-refractivity contribution in [3.05, 3.63) is 54.4 Å². The molecule has 3 heterocycles. The molecule has 0 atom stereocenters. The standard InChI is InChI=1S/C16H15FN8O/c1-2-5-14-21-15(22-25(14)12-7-4-3-6-11(12)17)16-20-13(23-26-16)8-24-10-18-9-19-24/h3-4,6-7,9-10H,2,5,8H2,1H3. The first kappa shape index (κ1) is 16.1. The highest BCUT2D eigenvalue weighted by atomic mass is 19.1. The summed E-state index contributed by atoms with van der Waals surface area (Å²) in [5, 5.41) is 12.3. The second kappa shape index (κ2) is 6.82. The molecule has 0 aliphatic carbocycles. The predicted molar refractivity (Wildman–Crippen MR) is 87.7 cm³/mol. The number of aryl methyl sites for hydroxylation is 1. The van der Waals surface area contributed by atoms with Crippen LogP contribution in [-0.2, 0) is 13.0 Å². The van der Waals surface area contributed by atoms with Crippen LogP contribution in [0.15, 0.2) is 41.4 Å². The molecule has 0 radical (unpaired) electrons. The topological polar surface area (TPSA) is 100 Å². The molecule has 0 amide bonds. The molecule has 26 heavy (non-hydrogen) atoms. The summed E-state index contributed by atoms with van der Waals surface area (Å²) in [4.78, 5) is 12.6. The van der Waals surface area contributed by atoms with Crippen LogP contribution in [0.3, 0.4) is 0 Å². The van der Waals surface area contributed by atoms with Crippen LogP contribution in [0.25, 0.3) is 17.4 Å². The summed E-state index contributed by atoms with van der Waals surface area (Å²) in [6.07, 6.45) is 4.46. The second-order valence-corrected chi connectivity index (χ2v) is 5.57. The summed E-state index contributed by atoms with van der Waals surface area (Å²) in [5.41, 5.74) is 0.331. The van der Waals surface area contributed by atoms with Crippen molar-refractivity contribution in [1.29, 1.82) is 0 Å². The highest BCUT2D eigenvalue weighted by Crippen LogP contribution is 2.20. The van der Waals surface area contributed by atoms with Crippen molar-refractivity contribution in [1.82, 2.24) is 39.7 Å². The Labute approximate surface area is 147 Å². The number of rotatable bonds is 6. The molecule has 4 aromatic rings. The highest BCUT2D eigenvalue weighted by molar-refractivity contribution is 5.42. The Morgan fingerprint density at radius 2 is 2.08 bits per heavy atom. The number of nitrogens with zero attached hydrogens (tertiary/aromatic N) is 8. The Balaban J connectivity index is 1.68. The van der Waals surface area contributed by atoms with Crippen molar-refractivity contribution in [2.45, 2.75) is 26.3 Å². The van der Waals surface area contributed by atoms with Crippen molar-refractivity contribution in [2.75, 3.05) is 0 Å². The first-order valence-corrected chi connectivity index (χ1v) is 8.11. The molecule has 0 bridgehead atoms. The number of hydrogen-bond acceptors (Lipinski definition) is 7. The second-order valence-electron chi connectivity index (χ2n) is 5.57. The van der Waals surface area contributed by atoms with Crippen LogP contribution in [-0.4, -0.2) is 39.7 Å². The molecule has 0 saturated carbocycles. The molecule has 0 fully saturated rings. The Hall–Kier alpha value is -3.43. The molecule has 0 saturated heterocycles. The lowest BCUT2D eigenvalue weighted by atomic mass is 10.3. The van der Waals surface area contributed by atoms with Gasteiger partial charge in [0.2, 0.25) is 5.82 Å². The van der Waals surface area contributed by atoms with Gasteiger partial charge in [0.15, 0.2) is 5.82 Å². The SMILES string of the molecule is CCCc1nc(-c2nc(Cn3cncn3)no2)nn1-c1ccccc1F. The Bertz CT molecular complexity index is 1010. The maximum atomic E-state index is 14.2. The minimum absolute atomic E-state index is 0.174. The summed E-state index contributed by atoms with van der Waals surface area (Å²) in [7, 11) is 0. The number of para-hydroxylation sites is 1. The van der Waals surface area contributed by atoms with E-state index in [1.54, 1.807) is 29.2 Å². The van der Waals surface area contributed by atoms with Gasteiger partial charge in [-0.25, -0.2) is 23.7 Å². The fourth-order valence-corrected chi connectivity index (χ4v) is 2.51. The van der Waals surface area contributed by atoms with E-state index in [4.69, 9.17) is 4.52 Å². The van der Waals surface area contributed by atoms with E-state index in [9.17, 15) is 4.39 Å². The van der Waals surface area contributed by atoms with E-state index in [1.807, 2.05) is 6.92 Å². The lowest BCUT2D eigenvalue weighted by Crippen LogP contribution is -2.05. The average Bonchev–Trinajstić information content (AvgIpc) is 3.37. The molecule has 0 aliphatic rings. The lowest BCUT2D eigenvalue weighted by Gasteiger charge is -2.05. The van der Waals surface area contributed by atoms with E-state index in [0.717, 1.165) is 6.42 Å². The zero-order valence-corrected chi connectivity index (χ0v) is 13.9. The Morgan fingerprint density at radius 3 is 2.85 bits per heavy atom. The maximum Gasteiger partial charge on any atom is 0.297 e. The third kappa shape index (κ3) is 3.08. The number of aromatic nitrogens is 8. The summed E-state index contributed by atoms with van der Waals surface area (Å²) in [6, 6.07) is 6.41. The minimum Gasteiger partial charge on any atom is -0.330 e. The van der Waals surface area contributed by atoms with Crippen molar-refractivity contribution < 1.29 is 8.91 Å². The molecule has 0 aliphatic heterocycles. The van der Waals surface area contributed by atoms with E-state index in [2.05, 4.69) is 30.3 Å². The first-order chi connectivity index (χ1) is 12.7. The molecule has 0 N–H and O–H groups in total. The summed E-state index contributed by atoms with van der Waals surface area (Å²) < 4.78 is 22.5. The van der Waals surface area contributed by atoms with Crippen molar-refractivity contribution in [3.63, 3.8) is 0 Å². The van der Waals surface area contributed by atoms with E-state index >= 15 is 0 Å². The van der Waals surface area contributed by atoms with Gasteiger partial charge < -0.3 is 4.52 Å². The number of hydrogen-bond donors (Lipinski definition) is 0. The lowest BCUT2D eigenvalue weighted by molar-refractivity contribution is 0.416. The quantitative estimate of drug-likeness (QED) is 0.522. The molecular formula is C16H15FN8O. The molecule has 9 nitrogen and oxygen atoms in total. The average molecular weight is 354 g/mol. The van der Waals surface area contributed by atoms with Crippen LogP contribution in [0.5, 0.6) is 0 Å². The van der Waals surface area contributed by atoms with Crippen molar-refractivity contribution in [3.8, 4) is 17.4 Å². The smallest absolute Gasteiger partial charge is 0.297 e. The van der Waals surface area contributed by atoms with Gasteiger partial charge in [0, 0.05) is 6.42 Å². The van der Waals surface area contributed by atoms with E-state index in [0.29, 0.717) is 30.3 Å². The van der Waals surface area contributed by atoms with E-state index < -0.39 is 0 Å². The highest BCUT2D eigenvalue weighted by Gasteiger charge is 2.19. The third-order valence-corrected chi connectivity index (χ3v) is 3.66. The van der Waals surface area contributed by atoms with Gasteiger partial charge in [-0.1, -0.05) is 24.2 Å². The van der Waals surface area contributed by atoms with Crippen LogP contribution < -0.4 is 0 Å². The van der Waals surface area contributed by atoms with Gasteiger partial charge in [0.1, 0.15) is 36.5 Å². The van der Waals surface area contributed by atoms with Gasteiger partial charge >= 0.3 is 0 Å². The molecule has 1 aromatic carbocycles. The van der Waals surface area contributed by atoms with Crippen molar-refractivity contribution >= 4 is 0 Å². The molecule has 0 unspecified atom stereocenters. The minimum atomic E-state index is -0.376. The molecule has 3 aromatic heterocycles. The van der Waals surface area contributed by atoms with Crippen LogP contribution in [0.4, 0.5) is 4.39 Å². The van der Waals surface area contributed by atoms with Crippen LogP contribution >= 0.6 is 0 Å². The van der Waals surface area contributed by atoms with Gasteiger partial charge in [-0.15, -0.1) is 5.10 Å². The summed E-state index contributed by atoms with van der Waals surface area (Å²) in [5.74, 6) is 1.11. The monoisotopic (exact) mass is 354 g/mol. The van der Waals surface area contributed by atoms with E-state index in [1.165, 1.54) is 17.1 Å². The Morgan fingerprint density at radius 1 is 1.19 bits per heavy atom. The van der Waals surface area contributed by atoms with E-state index in [-0.39, 0.29) is 17.5 Å². The predicted octanol–water partition coefficient (Wildman–Crippen LogP) is 2.05. The largest absolute Gasteiger partial charge is 0.330 e. The van der Waals surface area contributed by atoms with Crippen LogP contribution in [0.1, 0.15) is 25.0 Å². The Kier molecular flexibility index (Phi) is 4.22. The van der Waals surface area contributed by atoms with Gasteiger partial charge in [-0.2, -0.15) is 10.1 Å². The van der Waals surface area contributed by atoms with Gasteiger partial charge in [0.05, 0.1) is 0 Å². The third-order valence-electron chi connectivity index (χ3n) is 3.66. The first-order valence-electron chi connectivity index (χ1n) is 8.11. The molecule has 10 heteroatoms. The molecular weight excluding hydrogens is 339 g/mol.